The number of halogens is 4. The molecule has 0 fully saturated rings. The number of phenolic OH excluding ortho intramolecular Hbond substituents is 4. The average molecular weight is 849 g/mol. The highest BCUT2D eigenvalue weighted by molar-refractivity contribution is 7.75. The normalized spacial score (nSPS) is 27.5. The van der Waals surface area contributed by atoms with Crippen LogP contribution in [0.4, 0.5) is 0 Å². The molecule has 18 heteroatoms. The summed E-state index contributed by atoms with van der Waals surface area (Å²) in [5.41, 5.74) is -1.18. The third-order valence-electron chi connectivity index (χ3n) is 7.99. The Morgan fingerprint density at radius 1 is 0.648 bits per heavy atom. The van der Waals surface area contributed by atoms with E-state index in [0.717, 1.165) is 24.3 Å². The van der Waals surface area contributed by atoms with Gasteiger partial charge in [0.1, 0.15) is 58.5 Å². The predicted octanol–water partition coefficient (Wildman–Crippen LogP) is 6.43. The van der Waals surface area contributed by atoms with Gasteiger partial charge in [-0.1, -0.05) is 59.7 Å². The van der Waals surface area contributed by atoms with E-state index >= 15 is 0 Å². The summed E-state index contributed by atoms with van der Waals surface area (Å²) < 4.78 is 35.9. The topological polar surface area (TPSA) is 203 Å². The highest BCUT2D eigenvalue weighted by Crippen LogP contribution is 2.39. The Morgan fingerprint density at radius 3 is 1.39 bits per heavy atom. The maximum Gasteiger partial charge on any atom is 0.342 e. The number of carbonyl (C=O) groups is 4. The quantitative estimate of drug-likeness (QED) is 0.194. The number of alkyl halides is 2. The van der Waals surface area contributed by atoms with Gasteiger partial charge in [-0.2, -0.15) is 4.21 Å². The Balaban J connectivity index is 1.58. The molecule has 4 rings (SSSR count). The summed E-state index contributed by atoms with van der Waals surface area (Å²) in [4.78, 5) is 51.8. The molecule has 2 aromatic rings. The summed E-state index contributed by atoms with van der Waals surface area (Å²) in [5, 5.41) is 38.5. The molecule has 0 amide bonds. The summed E-state index contributed by atoms with van der Waals surface area (Å²) in [6, 6.07) is 1.68. The van der Waals surface area contributed by atoms with Gasteiger partial charge in [-0.3, -0.25) is 18.0 Å². The van der Waals surface area contributed by atoms with E-state index in [4.69, 9.17) is 64.2 Å². The minimum atomic E-state index is -2.61. The van der Waals surface area contributed by atoms with Crippen molar-refractivity contribution in [2.75, 3.05) is 0 Å². The van der Waals surface area contributed by atoms with Crippen LogP contribution in [0.3, 0.4) is 0 Å². The second-order valence-corrected chi connectivity index (χ2v) is 14.8. The molecule has 0 spiro atoms. The Hall–Kier alpha value is -3.89. The van der Waals surface area contributed by atoms with Crippen LogP contribution in [-0.4, -0.2) is 83.3 Å². The number of allylic oxidation sites excluding steroid dienone is 6. The molecule has 290 valence electrons. The molecule has 2 unspecified atom stereocenters. The zero-order chi connectivity index (χ0) is 39.9. The minimum Gasteiger partial charge on any atom is -0.507 e. The number of esters is 2. The van der Waals surface area contributed by atoms with E-state index in [2.05, 4.69) is 0 Å². The lowest BCUT2D eigenvalue weighted by Gasteiger charge is -2.26. The Labute approximate surface area is 332 Å². The van der Waals surface area contributed by atoms with E-state index < -0.39 is 117 Å². The highest BCUT2D eigenvalue weighted by atomic mass is 35.5. The maximum absolute atomic E-state index is 13.4. The summed E-state index contributed by atoms with van der Waals surface area (Å²) in [6.45, 7) is 2.94. The van der Waals surface area contributed by atoms with Gasteiger partial charge in [-0.15, -0.1) is 23.2 Å². The standard InChI is InChI=1S/C36H34Cl4O13S/c1-17-11-29(23(37)9-5-3-7-19(41)13-21-31(35(47)50-17)25(43)15-27(45)33(21)39)52-54(49)53-30-12-18(2)51-36(48)32-22(34(40)28(46)16-26(32)44)14-20(42)8-4-6-10-24(30)38/h3-10,15-18,23-24,29-30,43-46H,11-14H2,1-2H3/b7-3+,8-4+,9-5-,10-6-/t17-,18-,23?,24?,29-,30-,54?/m1/s1. The van der Waals surface area contributed by atoms with E-state index in [0.29, 0.717) is 0 Å². The number of rotatable bonds is 4. The first-order valence-corrected chi connectivity index (χ1v) is 18.8. The molecule has 0 saturated carbocycles. The fourth-order valence-corrected chi connectivity index (χ4v) is 7.31. The zero-order valence-corrected chi connectivity index (χ0v) is 32.3. The minimum absolute atomic E-state index is 0.154. The largest absolute Gasteiger partial charge is 0.507 e. The molecule has 4 N–H and O–H groups in total. The molecular weight excluding hydrogens is 814 g/mol. The van der Waals surface area contributed by atoms with Crippen LogP contribution in [0.15, 0.2) is 60.7 Å². The van der Waals surface area contributed by atoms with Gasteiger partial charge >= 0.3 is 23.3 Å². The fourth-order valence-electron chi connectivity index (χ4n) is 5.44. The second kappa shape index (κ2) is 19.1. The first-order chi connectivity index (χ1) is 25.5. The molecule has 0 bridgehead atoms. The lowest BCUT2D eigenvalue weighted by Crippen LogP contribution is -2.34. The van der Waals surface area contributed by atoms with Crippen LogP contribution in [0.2, 0.25) is 10.0 Å². The molecule has 0 radical (unpaired) electrons. The van der Waals surface area contributed by atoms with Gasteiger partial charge in [0.15, 0.2) is 11.6 Å². The van der Waals surface area contributed by atoms with E-state index in [9.17, 15) is 43.8 Å². The first-order valence-electron chi connectivity index (χ1n) is 16.1. The molecule has 54 heavy (non-hydrogen) atoms. The van der Waals surface area contributed by atoms with Crippen molar-refractivity contribution in [3.05, 3.63) is 93.0 Å². The van der Waals surface area contributed by atoms with Crippen LogP contribution in [0, 0.1) is 0 Å². The number of carbonyl (C=O) groups excluding carboxylic acids is 4. The van der Waals surface area contributed by atoms with Gasteiger partial charge < -0.3 is 29.9 Å². The highest BCUT2D eigenvalue weighted by Gasteiger charge is 2.33. The Morgan fingerprint density at radius 2 is 1.02 bits per heavy atom. The van der Waals surface area contributed by atoms with Crippen molar-refractivity contribution >= 4 is 81.3 Å². The van der Waals surface area contributed by atoms with Crippen molar-refractivity contribution in [3.8, 4) is 23.0 Å². The number of ether oxygens (including phenoxy) is 2. The molecule has 2 heterocycles. The fraction of sp³-hybridized carbons (Fsp3) is 0.333. The third-order valence-corrected chi connectivity index (χ3v) is 10.5. The monoisotopic (exact) mass is 846 g/mol. The Kier molecular flexibility index (Phi) is 15.2. The summed E-state index contributed by atoms with van der Waals surface area (Å²) in [7, 11) is 0. The maximum atomic E-state index is 13.4. The molecule has 2 aromatic carbocycles. The van der Waals surface area contributed by atoms with Crippen LogP contribution in [0.5, 0.6) is 23.0 Å². The number of fused-ring (bicyclic) bond motifs is 2. The van der Waals surface area contributed by atoms with Gasteiger partial charge in [0.05, 0.1) is 20.8 Å². The number of ketones is 2. The summed E-state index contributed by atoms with van der Waals surface area (Å²) in [5.74, 6) is -5.69. The summed E-state index contributed by atoms with van der Waals surface area (Å²) in [6.07, 6.45) is 5.09. The first kappa shape index (κ1) is 42.8. The van der Waals surface area contributed by atoms with Gasteiger partial charge in [0.25, 0.3) is 0 Å². The molecule has 6 atom stereocenters. The van der Waals surface area contributed by atoms with Crippen molar-refractivity contribution in [1.82, 2.24) is 0 Å². The molecule has 0 aliphatic carbocycles. The second-order valence-electron chi connectivity index (χ2n) is 12.2. The predicted molar refractivity (Wildman–Crippen MR) is 200 cm³/mol. The van der Waals surface area contributed by atoms with Crippen LogP contribution in [0.25, 0.3) is 0 Å². The SMILES string of the molecule is C[C@@H]1C[C@@H](OS(=O)O[C@@H]2C[C@@H](C)OC(=O)c3c(O)cc(O)c(Cl)c3CC(=O)/C=C/C=C\C2Cl)C(Cl)/C=C\C=C\C(=O)Cc2c(Cl)c(O)cc(O)c2C(=O)O1. The number of hydrogen-bond acceptors (Lipinski definition) is 13. The van der Waals surface area contributed by atoms with Gasteiger partial charge in [0.2, 0.25) is 0 Å². The molecule has 0 aromatic heterocycles. The number of aromatic hydroxyl groups is 4. The lowest BCUT2D eigenvalue weighted by molar-refractivity contribution is -0.114. The van der Waals surface area contributed by atoms with E-state index in [1.165, 1.54) is 50.3 Å². The lowest BCUT2D eigenvalue weighted by atomic mass is 9.99. The molecule has 0 saturated heterocycles. The van der Waals surface area contributed by atoms with Crippen LogP contribution in [-0.2, 0) is 51.6 Å². The number of cyclic esters (lactones) is 2. The molecule has 2 aliphatic rings. The van der Waals surface area contributed by atoms with Crippen LogP contribution in [0.1, 0.15) is 58.5 Å². The van der Waals surface area contributed by atoms with Crippen molar-refractivity contribution < 1.29 is 61.7 Å². The Bertz CT molecular complexity index is 1810. The van der Waals surface area contributed by atoms with Gasteiger partial charge in [-0.05, 0) is 26.0 Å². The van der Waals surface area contributed by atoms with E-state index in [1.54, 1.807) is 0 Å². The molecular formula is C36H34Cl4O13S. The van der Waals surface area contributed by atoms with Crippen molar-refractivity contribution in [2.24, 2.45) is 0 Å². The van der Waals surface area contributed by atoms with E-state index in [1.807, 2.05) is 0 Å². The number of benzene rings is 2. The summed E-state index contributed by atoms with van der Waals surface area (Å²) >= 11 is 23.0. The van der Waals surface area contributed by atoms with Crippen molar-refractivity contribution in [2.45, 2.75) is 74.7 Å². The van der Waals surface area contributed by atoms with Gasteiger partial charge in [-0.25, -0.2) is 9.59 Å². The number of hydrogen-bond donors (Lipinski definition) is 4. The average Bonchev–Trinajstić information content (AvgIpc) is 3.07. The van der Waals surface area contributed by atoms with Crippen molar-refractivity contribution in [3.63, 3.8) is 0 Å². The smallest absolute Gasteiger partial charge is 0.342 e. The van der Waals surface area contributed by atoms with Crippen LogP contribution < -0.4 is 0 Å². The third kappa shape index (κ3) is 11.1. The molecule has 2 aliphatic heterocycles. The molecule has 13 nitrogen and oxygen atoms in total. The van der Waals surface area contributed by atoms with Crippen LogP contribution >= 0.6 is 46.4 Å². The van der Waals surface area contributed by atoms with Crippen molar-refractivity contribution in [1.29, 1.82) is 0 Å². The van der Waals surface area contributed by atoms with Gasteiger partial charge in [0, 0.05) is 48.9 Å². The zero-order valence-electron chi connectivity index (χ0n) is 28.4. The number of phenols is 4. The van der Waals surface area contributed by atoms with E-state index in [-0.39, 0.29) is 34.0 Å².